The van der Waals surface area contributed by atoms with Gasteiger partial charge in [-0.25, -0.2) is 8.42 Å². The third kappa shape index (κ3) is 5.56. The van der Waals surface area contributed by atoms with Crippen molar-refractivity contribution >= 4 is 38.9 Å². The molecule has 31 heavy (non-hydrogen) atoms. The van der Waals surface area contributed by atoms with Crippen molar-refractivity contribution in [2.45, 2.75) is 11.1 Å². The average Bonchev–Trinajstić information content (AvgIpc) is 2.73. The highest BCUT2D eigenvalue weighted by molar-refractivity contribution is 7.92. The van der Waals surface area contributed by atoms with Crippen LogP contribution in [0.2, 0.25) is 5.02 Å². The SMILES string of the molecule is O=C(CN(c1ccc(Cl)cc1)S(=O)(=O)c1ccccc1)Nc1cccc(C(F)(F)F)c1. The van der Waals surface area contributed by atoms with Crippen molar-refractivity contribution in [1.82, 2.24) is 0 Å². The minimum atomic E-state index is -4.58. The number of rotatable bonds is 6. The van der Waals surface area contributed by atoms with Crippen LogP contribution in [0.3, 0.4) is 0 Å². The van der Waals surface area contributed by atoms with Gasteiger partial charge < -0.3 is 5.32 Å². The molecule has 0 aliphatic rings. The maximum absolute atomic E-state index is 13.2. The van der Waals surface area contributed by atoms with Crippen molar-refractivity contribution in [2.75, 3.05) is 16.2 Å². The smallest absolute Gasteiger partial charge is 0.325 e. The van der Waals surface area contributed by atoms with Gasteiger partial charge in [-0.2, -0.15) is 13.2 Å². The standard InChI is InChI=1S/C21H16ClF3N2O3S/c22-16-9-11-18(12-10-16)27(31(29,30)19-7-2-1-3-8-19)14-20(28)26-17-6-4-5-15(13-17)21(23,24)25/h1-13H,14H2,(H,26,28). The number of anilines is 2. The number of hydrogen-bond acceptors (Lipinski definition) is 3. The Morgan fingerprint density at radius 2 is 1.58 bits per heavy atom. The number of hydrogen-bond donors (Lipinski definition) is 1. The lowest BCUT2D eigenvalue weighted by Gasteiger charge is -2.24. The highest BCUT2D eigenvalue weighted by atomic mass is 35.5. The molecule has 0 atom stereocenters. The lowest BCUT2D eigenvalue weighted by molar-refractivity contribution is -0.137. The number of carbonyl (C=O) groups is 1. The number of carbonyl (C=O) groups excluding carboxylic acids is 1. The van der Waals surface area contributed by atoms with E-state index in [0.717, 1.165) is 22.5 Å². The van der Waals surface area contributed by atoms with Crippen molar-refractivity contribution in [3.05, 3.63) is 89.4 Å². The van der Waals surface area contributed by atoms with Gasteiger partial charge in [-0.15, -0.1) is 0 Å². The van der Waals surface area contributed by atoms with Gasteiger partial charge in [-0.3, -0.25) is 9.10 Å². The summed E-state index contributed by atoms with van der Waals surface area (Å²) < 4.78 is 65.9. The number of nitrogens with zero attached hydrogens (tertiary/aromatic N) is 1. The van der Waals surface area contributed by atoms with E-state index in [1.54, 1.807) is 6.07 Å². The largest absolute Gasteiger partial charge is 0.416 e. The molecular weight excluding hydrogens is 453 g/mol. The predicted molar refractivity (Wildman–Crippen MR) is 112 cm³/mol. The summed E-state index contributed by atoms with van der Waals surface area (Å²) in [6.45, 7) is -0.658. The van der Waals surface area contributed by atoms with Gasteiger partial charge >= 0.3 is 6.18 Å². The van der Waals surface area contributed by atoms with Gasteiger partial charge in [-0.1, -0.05) is 35.9 Å². The Morgan fingerprint density at radius 1 is 0.935 bits per heavy atom. The van der Waals surface area contributed by atoms with Gasteiger partial charge in [0.1, 0.15) is 6.54 Å². The molecule has 0 unspecified atom stereocenters. The predicted octanol–water partition coefficient (Wildman–Crippen LogP) is 5.19. The molecule has 162 valence electrons. The molecule has 1 amide bonds. The number of sulfonamides is 1. The fourth-order valence-electron chi connectivity index (χ4n) is 2.75. The molecule has 1 N–H and O–H groups in total. The van der Waals surface area contributed by atoms with Gasteiger partial charge in [0.05, 0.1) is 16.1 Å². The Morgan fingerprint density at radius 3 is 2.19 bits per heavy atom. The van der Waals surface area contributed by atoms with E-state index in [4.69, 9.17) is 11.6 Å². The van der Waals surface area contributed by atoms with E-state index in [2.05, 4.69) is 5.32 Å². The first kappa shape index (κ1) is 22.6. The molecule has 0 spiro atoms. The summed E-state index contributed by atoms with van der Waals surface area (Å²) in [5.41, 5.74) is -0.864. The minimum Gasteiger partial charge on any atom is -0.325 e. The van der Waals surface area contributed by atoms with E-state index in [9.17, 15) is 26.4 Å². The molecule has 5 nitrogen and oxygen atoms in total. The number of nitrogens with one attached hydrogen (secondary N) is 1. The maximum atomic E-state index is 13.2. The minimum absolute atomic E-state index is 0.0446. The molecule has 0 saturated carbocycles. The number of benzene rings is 3. The quantitative estimate of drug-likeness (QED) is 0.541. The molecule has 3 aromatic rings. The van der Waals surface area contributed by atoms with E-state index >= 15 is 0 Å². The topological polar surface area (TPSA) is 66.5 Å². The second-order valence-electron chi connectivity index (χ2n) is 6.43. The molecule has 3 aromatic carbocycles. The van der Waals surface area contributed by atoms with E-state index in [1.165, 1.54) is 54.6 Å². The normalized spacial score (nSPS) is 11.7. The number of halogens is 4. The summed E-state index contributed by atoms with van der Waals surface area (Å²) >= 11 is 5.87. The number of amides is 1. The summed E-state index contributed by atoms with van der Waals surface area (Å²) in [6, 6.07) is 17.3. The van der Waals surface area contributed by atoms with Gasteiger partial charge in [0.2, 0.25) is 5.91 Å². The Kier molecular flexibility index (Phi) is 6.56. The zero-order valence-corrected chi connectivity index (χ0v) is 17.4. The molecule has 0 fully saturated rings. The van der Waals surface area contributed by atoms with Crippen LogP contribution in [-0.2, 0) is 21.0 Å². The monoisotopic (exact) mass is 468 g/mol. The molecule has 0 aromatic heterocycles. The summed E-state index contributed by atoms with van der Waals surface area (Å²) in [5.74, 6) is -0.811. The first-order chi connectivity index (χ1) is 14.6. The van der Waals surface area contributed by atoms with Crippen LogP contribution in [0.5, 0.6) is 0 Å². The third-order valence-electron chi connectivity index (χ3n) is 4.21. The Bertz CT molecular complexity index is 1170. The Labute approximate surface area is 182 Å². The zero-order chi connectivity index (χ0) is 22.6. The summed E-state index contributed by atoms with van der Waals surface area (Å²) in [5, 5.41) is 2.69. The van der Waals surface area contributed by atoms with Crippen LogP contribution >= 0.6 is 11.6 Å². The second kappa shape index (κ2) is 8.99. The van der Waals surface area contributed by atoms with Crippen LogP contribution < -0.4 is 9.62 Å². The Balaban J connectivity index is 1.90. The molecule has 0 bridgehead atoms. The summed E-state index contributed by atoms with van der Waals surface area (Å²) in [7, 11) is -4.14. The summed E-state index contributed by atoms with van der Waals surface area (Å²) in [4.78, 5) is 12.5. The third-order valence-corrected chi connectivity index (χ3v) is 6.25. The molecule has 0 aliphatic carbocycles. The van der Waals surface area contributed by atoms with Crippen molar-refractivity contribution in [3.63, 3.8) is 0 Å². The van der Waals surface area contributed by atoms with Crippen LogP contribution in [0.1, 0.15) is 5.56 Å². The molecule has 3 rings (SSSR count). The molecule has 0 heterocycles. The highest BCUT2D eigenvalue weighted by Crippen LogP contribution is 2.31. The van der Waals surface area contributed by atoms with Crippen LogP contribution in [0.25, 0.3) is 0 Å². The maximum Gasteiger partial charge on any atom is 0.416 e. The van der Waals surface area contributed by atoms with Crippen LogP contribution in [-0.4, -0.2) is 20.9 Å². The van der Waals surface area contributed by atoms with E-state index in [-0.39, 0.29) is 16.3 Å². The molecule has 0 aliphatic heterocycles. The number of alkyl halides is 3. The second-order valence-corrected chi connectivity index (χ2v) is 8.73. The van der Waals surface area contributed by atoms with Crippen molar-refractivity contribution < 1.29 is 26.4 Å². The molecule has 0 saturated heterocycles. The van der Waals surface area contributed by atoms with Crippen LogP contribution in [0.4, 0.5) is 24.5 Å². The first-order valence-electron chi connectivity index (χ1n) is 8.88. The lowest BCUT2D eigenvalue weighted by Crippen LogP contribution is -2.38. The summed E-state index contributed by atoms with van der Waals surface area (Å²) in [6.07, 6.45) is -4.58. The van der Waals surface area contributed by atoms with E-state index in [1.807, 2.05) is 0 Å². The van der Waals surface area contributed by atoms with Gasteiger partial charge in [0, 0.05) is 10.7 Å². The average molecular weight is 469 g/mol. The Hall–Kier alpha value is -3.04. The zero-order valence-electron chi connectivity index (χ0n) is 15.8. The van der Waals surface area contributed by atoms with Crippen molar-refractivity contribution in [3.8, 4) is 0 Å². The fraction of sp³-hybridized carbons (Fsp3) is 0.0952. The lowest BCUT2D eigenvalue weighted by atomic mass is 10.2. The molecule has 10 heteroatoms. The first-order valence-corrected chi connectivity index (χ1v) is 10.7. The van der Waals surface area contributed by atoms with E-state index in [0.29, 0.717) is 5.02 Å². The van der Waals surface area contributed by atoms with Gasteiger partial charge in [-0.05, 0) is 54.6 Å². The molecule has 0 radical (unpaired) electrons. The fourth-order valence-corrected chi connectivity index (χ4v) is 4.31. The van der Waals surface area contributed by atoms with Gasteiger partial charge in [0.15, 0.2) is 0 Å². The van der Waals surface area contributed by atoms with Crippen LogP contribution in [0.15, 0.2) is 83.8 Å². The highest BCUT2D eigenvalue weighted by Gasteiger charge is 2.31. The molecular formula is C21H16ClF3N2O3S. The van der Waals surface area contributed by atoms with Crippen LogP contribution in [0, 0.1) is 0 Å². The van der Waals surface area contributed by atoms with E-state index < -0.39 is 34.2 Å². The van der Waals surface area contributed by atoms with Crippen molar-refractivity contribution in [1.29, 1.82) is 0 Å². The van der Waals surface area contributed by atoms with Gasteiger partial charge in [0.25, 0.3) is 10.0 Å². The van der Waals surface area contributed by atoms with Crippen molar-refractivity contribution in [2.24, 2.45) is 0 Å².